The molecule has 3 aromatic carbocycles. The van der Waals surface area contributed by atoms with Crippen LogP contribution in [0.2, 0.25) is 0 Å². The number of carbonyl (C=O) groups excluding carboxylic acids is 2. The average molecular weight is 455 g/mol. The van der Waals surface area contributed by atoms with Gasteiger partial charge in [-0.1, -0.05) is 42.5 Å². The zero-order valence-corrected chi connectivity index (χ0v) is 17.4. The molecule has 1 aliphatic rings. The number of hydrogen-bond donors (Lipinski definition) is 1. The van der Waals surface area contributed by atoms with Crippen LogP contribution in [0.25, 0.3) is 0 Å². The number of alkyl halides is 3. The van der Waals surface area contributed by atoms with Gasteiger partial charge in [0.1, 0.15) is 18.1 Å². The van der Waals surface area contributed by atoms with Crippen LogP contribution in [0.3, 0.4) is 0 Å². The van der Waals surface area contributed by atoms with E-state index in [0.29, 0.717) is 5.75 Å². The highest BCUT2D eigenvalue weighted by Gasteiger charge is 2.31. The Hall–Kier alpha value is -3.81. The summed E-state index contributed by atoms with van der Waals surface area (Å²) in [6, 6.07) is 18.0. The second kappa shape index (κ2) is 9.36. The van der Waals surface area contributed by atoms with Gasteiger partial charge in [-0.25, -0.2) is 4.79 Å². The molecule has 0 aliphatic heterocycles. The van der Waals surface area contributed by atoms with Crippen molar-refractivity contribution in [1.29, 1.82) is 0 Å². The van der Waals surface area contributed by atoms with Crippen molar-refractivity contribution in [3.8, 4) is 11.5 Å². The van der Waals surface area contributed by atoms with Crippen LogP contribution >= 0.6 is 0 Å². The van der Waals surface area contributed by atoms with Gasteiger partial charge in [0.2, 0.25) is 0 Å². The Morgan fingerprint density at radius 2 is 1.70 bits per heavy atom. The van der Waals surface area contributed by atoms with Crippen molar-refractivity contribution < 1.29 is 32.2 Å². The lowest BCUT2D eigenvalue weighted by atomic mass is 9.87. The van der Waals surface area contributed by atoms with E-state index in [1.165, 1.54) is 12.1 Å². The Balaban J connectivity index is 1.41. The number of hydrogen-bond acceptors (Lipinski definition) is 4. The summed E-state index contributed by atoms with van der Waals surface area (Å²) in [4.78, 5) is 24.6. The average Bonchev–Trinajstić information content (AvgIpc) is 2.79. The molecule has 0 saturated carbocycles. The van der Waals surface area contributed by atoms with Gasteiger partial charge >= 0.3 is 12.3 Å². The number of benzene rings is 3. The highest BCUT2D eigenvalue weighted by Crippen LogP contribution is 2.33. The molecule has 0 bridgehead atoms. The summed E-state index contributed by atoms with van der Waals surface area (Å²) in [7, 11) is 0. The van der Waals surface area contributed by atoms with Crippen molar-refractivity contribution in [3.05, 3.63) is 95.1 Å². The second-order valence-corrected chi connectivity index (χ2v) is 7.66. The summed E-state index contributed by atoms with van der Waals surface area (Å²) >= 11 is 0. The molecule has 8 heteroatoms. The van der Waals surface area contributed by atoms with Gasteiger partial charge in [-0.05, 0) is 47.0 Å². The molecule has 0 heterocycles. The molecule has 0 aromatic heterocycles. The number of carbonyl (C=O) groups is 2. The van der Waals surface area contributed by atoms with Gasteiger partial charge in [0.25, 0.3) is 0 Å². The van der Waals surface area contributed by atoms with Crippen molar-refractivity contribution in [1.82, 2.24) is 5.32 Å². The first kappa shape index (κ1) is 22.4. The first-order chi connectivity index (χ1) is 15.8. The number of nitrogens with one attached hydrogen (secondary N) is 1. The molecule has 1 aliphatic carbocycles. The summed E-state index contributed by atoms with van der Waals surface area (Å²) < 4.78 is 49.6. The molecule has 3 aromatic rings. The molecule has 5 nitrogen and oxygen atoms in total. The van der Waals surface area contributed by atoms with Gasteiger partial charge in [0.05, 0.1) is 11.6 Å². The predicted molar refractivity (Wildman–Crippen MR) is 114 cm³/mol. The third kappa shape index (κ3) is 5.71. The normalized spacial score (nSPS) is 15.5. The lowest BCUT2D eigenvalue weighted by Crippen LogP contribution is -2.45. The Morgan fingerprint density at radius 3 is 2.45 bits per heavy atom. The Bertz CT molecular complexity index is 1160. The Morgan fingerprint density at radius 1 is 0.939 bits per heavy atom. The molecule has 0 saturated heterocycles. The topological polar surface area (TPSA) is 64.6 Å². The number of Topliss-reactive ketones (excluding diaryl/α,β-unsaturated/α-hetero) is 1. The van der Waals surface area contributed by atoms with Gasteiger partial charge in [0.15, 0.2) is 5.78 Å². The highest BCUT2D eigenvalue weighted by molar-refractivity contribution is 5.91. The molecular formula is C25H20F3NO4. The summed E-state index contributed by atoms with van der Waals surface area (Å²) in [5.74, 6) is 0.245. The minimum Gasteiger partial charge on any atom is -0.457 e. The standard InChI is InChI=1S/C25H20F3NO4/c26-25(27,28)19-7-4-8-20(14-19)33-21-10-9-17-13-23(30)22(12-18(17)11-21)29-24(31)32-15-16-5-2-1-3-6-16/h1-11,14,22H,12-13,15H2,(H,29,31)/t22-/m0/s1. The summed E-state index contributed by atoms with van der Waals surface area (Å²) in [6.07, 6.45) is -4.81. The van der Waals surface area contributed by atoms with Crippen molar-refractivity contribution in [2.45, 2.75) is 31.7 Å². The molecule has 0 radical (unpaired) electrons. The fraction of sp³-hybridized carbons (Fsp3) is 0.200. The number of rotatable bonds is 5. The lowest BCUT2D eigenvalue weighted by molar-refractivity contribution is -0.137. The summed E-state index contributed by atoms with van der Waals surface area (Å²) in [6.45, 7) is 0.0825. The van der Waals surface area contributed by atoms with Crippen molar-refractivity contribution in [3.63, 3.8) is 0 Å². The maximum atomic E-state index is 12.9. The number of ketones is 1. The fourth-order valence-electron chi connectivity index (χ4n) is 3.58. The van der Waals surface area contributed by atoms with Crippen molar-refractivity contribution >= 4 is 11.9 Å². The largest absolute Gasteiger partial charge is 0.457 e. The lowest BCUT2D eigenvalue weighted by Gasteiger charge is -2.24. The monoisotopic (exact) mass is 455 g/mol. The Kier molecular flexibility index (Phi) is 6.35. The van der Waals surface area contributed by atoms with Crippen LogP contribution in [0, 0.1) is 0 Å². The first-order valence-corrected chi connectivity index (χ1v) is 10.2. The fourth-order valence-corrected chi connectivity index (χ4v) is 3.58. The second-order valence-electron chi connectivity index (χ2n) is 7.66. The summed E-state index contributed by atoms with van der Waals surface area (Å²) in [5, 5.41) is 2.60. The van der Waals surface area contributed by atoms with E-state index in [1.807, 2.05) is 30.3 Å². The highest BCUT2D eigenvalue weighted by atomic mass is 19.4. The maximum absolute atomic E-state index is 12.9. The number of ether oxygens (including phenoxy) is 2. The minimum atomic E-state index is -4.47. The number of amides is 1. The van der Waals surface area contributed by atoms with Crippen LogP contribution < -0.4 is 10.1 Å². The van der Waals surface area contributed by atoms with E-state index in [1.54, 1.807) is 18.2 Å². The van der Waals surface area contributed by atoms with Crippen LogP contribution in [-0.2, 0) is 35.2 Å². The van der Waals surface area contributed by atoms with Gasteiger partial charge in [-0.2, -0.15) is 13.2 Å². The zero-order chi connectivity index (χ0) is 23.4. The number of halogens is 3. The molecule has 1 amide bonds. The van der Waals surface area contributed by atoms with E-state index >= 15 is 0 Å². The molecule has 4 rings (SSSR count). The van der Waals surface area contributed by atoms with Crippen molar-refractivity contribution in [2.75, 3.05) is 0 Å². The molecule has 33 heavy (non-hydrogen) atoms. The van der Waals surface area contributed by atoms with Crippen LogP contribution in [0.5, 0.6) is 11.5 Å². The van der Waals surface area contributed by atoms with Gasteiger partial charge in [-0.3, -0.25) is 4.79 Å². The van der Waals surface area contributed by atoms with E-state index in [0.717, 1.165) is 28.8 Å². The third-order valence-corrected chi connectivity index (χ3v) is 5.26. The first-order valence-electron chi connectivity index (χ1n) is 10.2. The number of alkyl carbamates (subject to hydrolysis) is 1. The van der Waals surface area contributed by atoms with E-state index in [9.17, 15) is 22.8 Å². The van der Waals surface area contributed by atoms with Gasteiger partial charge < -0.3 is 14.8 Å². The molecule has 1 atom stereocenters. The van der Waals surface area contributed by atoms with Gasteiger partial charge in [0, 0.05) is 12.8 Å². The van der Waals surface area contributed by atoms with E-state index in [2.05, 4.69) is 5.32 Å². The maximum Gasteiger partial charge on any atom is 0.416 e. The molecule has 0 unspecified atom stereocenters. The molecule has 0 spiro atoms. The van der Waals surface area contributed by atoms with Crippen LogP contribution in [0.1, 0.15) is 22.3 Å². The molecule has 1 N–H and O–H groups in total. The molecule has 0 fully saturated rings. The van der Waals surface area contributed by atoms with Crippen molar-refractivity contribution in [2.24, 2.45) is 0 Å². The van der Waals surface area contributed by atoms with Gasteiger partial charge in [-0.15, -0.1) is 0 Å². The van der Waals surface area contributed by atoms with Crippen LogP contribution in [-0.4, -0.2) is 17.9 Å². The molecular weight excluding hydrogens is 435 g/mol. The molecule has 170 valence electrons. The van der Waals surface area contributed by atoms with E-state index in [4.69, 9.17) is 9.47 Å². The Labute approximate surface area is 188 Å². The summed E-state index contributed by atoms with van der Waals surface area (Å²) in [5.41, 5.74) is 1.57. The number of fused-ring (bicyclic) bond motifs is 1. The van der Waals surface area contributed by atoms with E-state index < -0.39 is 23.9 Å². The smallest absolute Gasteiger partial charge is 0.416 e. The SMILES string of the molecule is O=C(N[C@H]1Cc2cc(Oc3cccc(C(F)(F)F)c3)ccc2CC1=O)OCc1ccccc1. The minimum absolute atomic E-state index is 0.0517. The third-order valence-electron chi connectivity index (χ3n) is 5.26. The van der Waals surface area contributed by atoms with Crippen LogP contribution in [0.4, 0.5) is 18.0 Å². The predicted octanol–water partition coefficient (Wildman–Crippen LogP) is 5.46. The van der Waals surface area contributed by atoms with E-state index in [-0.39, 0.29) is 31.0 Å². The quantitative estimate of drug-likeness (QED) is 0.555. The zero-order valence-electron chi connectivity index (χ0n) is 17.4. The van der Waals surface area contributed by atoms with Crippen LogP contribution in [0.15, 0.2) is 72.8 Å².